The third-order valence-corrected chi connectivity index (χ3v) is 4.39. The topological polar surface area (TPSA) is 194 Å². The first kappa shape index (κ1) is 25.6. The second kappa shape index (κ2) is 12.3. The quantitative estimate of drug-likeness (QED) is 0.224. The first-order valence-corrected chi connectivity index (χ1v) is 9.70. The zero-order valence-electron chi connectivity index (χ0n) is 17.5. The largest absolute Gasteiger partial charge is 0.480 e. The van der Waals surface area contributed by atoms with Gasteiger partial charge in [0.2, 0.25) is 23.6 Å². The number of carbonyl (C=O) groups excluding carboxylic acids is 4. The molecule has 4 amide bonds. The predicted molar refractivity (Wildman–Crippen MR) is 111 cm³/mol. The summed E-state index contributed by atoms with van der Waals surface area (Å²) in [5.74, 6) is -4.70. The molecule has 8 N–H and O–H groups in total. The zero-order valence-corrected chi connectivity index (χ0v) is 17.5. The van der Waals surface area contributed by atoms with Crippen LogP contribution in [0.1, 0.15) is 25.8 Å². The van der Waals surface area contributed by atoms with Gasteiger partial charge in [0, 0.05) is 6.42 Å². The van der Waals surface area contributed by atoms with Crippen molar-refractivity contribution in [2.24, 2.45) is 17.4 Å². The number of carboxylic acid groups (broad SMARTS) is 1. The van der Waals surface area contributed by atoms with E-state index in [1.807, 2.05) is 0 Å². The molecule has 0 bridgehead atoms. The van der Waals surface area contributed by atoms with Gasteiger partial charge in [-0.05, 0) is 11.5 Å². The van der Waals surface area contributed by atoms with Crippen LogP contribution in [0.4, 0.5) is 0 Å². The van der Waals surface area contributed by atoms with Crippen molar-refractivity contribution in [3.05, 3.63) is 35.9 Å². The van der Waals surface area contributed by atoms with Crippen LogP contribution >= 0.6 is 0 Å². The van der Waals surface area contributed by atoms with E-state index >= 15 is 0 Å². The molecule has 0 aliphatic carbocycles. The highest BCUT2D eigenvalue weighted by molar-refractivity contribution is 5.95. The van der Waals surface area contributed by atoms with E-state index in [9.17, 15) is 29.1 Å². The molecule has 170 valence electrons. The number of hydrogen-bond acceptors (Lipinski definition) is 6. The number of benzene rings is 1. The van der Waals surface area contributed by atoms with Gasteiger partial charge in [0.05, 0.1) is 13.0 Å². The summed E-state index contributed by atoms with van der Waals surface area (Å²) in [6, 6.07) is 5.11. The van der Waals surface area contributed by atoms with Crippen LogP contribution in [0.3, 0.4) is 0 Å². The van der Waals surface area contributed by atoms with Crippen LogP contribution in [0.15, 0.2) is 30.3 Å². The molecule has 0 aliphatic heterocycles. The fraction of sp³-hybridized carbons (Fsp3) is 0.450. The maximum atomic E-state index is 12.8. The summed E-state index contributed by atoms with van der Waals surface area (Å²) in [6.07, 6.45) is -0.437. The van der Waals surface area contributed by atoms with Crippen LogP contribution in [-0.4, -0.2) is 59.4 Å². The van der Waals surface area contributed by atoms with Crippen molar-refractivity contribution in [3.8, 4) is 0 Å². The maximum absolute atomic E-state index is 12.8. The molecule has 11 heteroatoms. The lowest BCUT2D eigenvalue weighted by atomic mass is 10.0. The molecular formula is C20H29N5O6. The van der Waals surface area contributed by atoms with Gasteiger partial charge in [-0.3, -0.25) is 19.2 Å². The summed E-state index contributed by atoms with van der Waals surface area (Å²) in [5.41, 5.74) is 11.1. The van der Waals surface area contributed by atoms with Gasteiger partial charge in [-0.1, -0.05) is 44.2 Å². The Morgan fingerprint density at radius 3 is 2.03 bits per heavy atom. The van der Waals surface area contributed by atoms with E-state index in [1.54, 1.807) is 44.2 Å². The molecular weight excluding hydrogens is 406 g/mol. The molecule has 1 aromatic rings. The number of aliphatic carboxylic acids is 1. The SMILES string of the molecule is CC(C)C(NC(=O)C(CC(N)=O)NC(=O)CN)C(=O)NC(Cc1ccccc1)C(=O)O. The normalized spacial score (nSPS) is 13.5. The summed E-state index contributed by atoms with van der Waals surface area (Å²) >= 11 is 0. The fourth-order valence-electron chi connectivity index (χ4n) is 2.76. The van der Waals surface area contributed by atoms with Crippen LogP contribution in [0, 0.1) is 5.92 Å². The number of amides is 4. The number of nitrogens with two attached hydrogens (primary N) is 2. The third-order valence-electron chi connectivity index (χ3n) is 4.39. The van der Waals surface area contributed by atoms with Gasteiger partial charge in [0.1, 0.15) is 18.1 Å². The van der Waals surface area contributed by atoms with Crippen LogP contribution < -0.4 is 27.4 Å². The molecule has 1 rings (SSSR count). The highest BCUT2D eigenvalue weighted by Gasteiger charge is 2.31. The van der Waals surface area contributed by atoms with Crippen LogP contribution in [-0.2, 0) is 30.4 Å². The minimum Gasteiger partial charge on any atom is -0.480 e. The molecule has 31 heavy (non-hydrogen) atoms. The summed E-state index contributed by atoms with van der Waals surface area (Å²) < 4.78 is 0. The van der Waals surface area contributed by atoms with Crippen LogP contribution in [0.25, 0.3) is 0 Å². The smallest absolute Gasteiger partial charge is 0.326 e. The molecule has 3 atom stereocenters. The van der Waals surface area contributed by atoms with Crippen LogP contribution in [0.5, 0.6) is 0 Å². The Labute approximate surface area is 179 Å². The molecule has 0 fully saturated rings. The van der Waals surface area contributed by atoms with Gasteiger partial charge < -0.3 is 32.5 Å². The van der Waals surface area contributed by atoms with Crippen molar-refractivity contribution in [1.29, 1.82) is 0 Å². The molecule has 0 saturated heterocycles. The Balaban J connectivity index is 2.93. The first-order chi connectivity index (χ1) is 14.5. The lowest BCUT2D eigenvalue weighted by Gasteiger charge is -2.26. The van der Waals surface area contributed by atoms with Gasteiger partial charge in [0.25, 0.3) is 0 Å². The highest BCUT2D eigenvalue weighted by atomic mass is 16.4. The number of carboxylic acids is 1. The molecule has 11 nitrogen and oxygen atoms in total. The molecule has 3 unspecified atom stereocenters. The second-order valence-electron chi connectivity index (χ2n) is 7.31. The van der Waals surface area contributed by atoms with Crippen molar-refractivity contribution in [1.82, 2.24) is 16.0 Å². The molecule has 0 spiro atoms. The molecule has 0 radical (unpaired) electrons. The zero-order chi connectivity index (χ0) is 23.6. The van der Waals surface area contributed by atoms with Gasteiger partial charge in [-0.15, -0.1) is 0 Å². The number of carbonyl (C=O) groups is 5. The Bertz CT molecular complexity index is 799. The number of hydrogen-bond donors (Lipinski definition) is 6. The standard InChI is InChI=1S/C20H29N5O6/c1-11(2)17(25-18(28)13(9-15(22)26)23-16(27)10-21)19(29)24-14(20(30)31)8-12-6-4-3-5-7-12/h3-7,11,13-14,17H,8-10,21H2,1-2H3,(H2,22,26)(H,23,27)(H,24,29)(H,25,28)(H,30,31). The van der Waals surface area contributed by atoms with E-state index in [-0.39, 0.29) is 6.42 Å². The van der Waals surface area contributed by atoms with Gasteiger partial charge >= 0.3 is 5.97 Å². The maximum Gasteiger partial charge on any atom is 0.326 e. The lowest BCUT2D eigenvalue weighted by molar-refractivity contribution is -0.142. The number of rotatable bonds is 12. The summed E-state index contributed by atoms with van der Waals surface area (Å²) in [7, 11) is 0. The minimum absolute atomic E-state index is 0.0531. The minimum atomic E-state index is -1.32. The Morgan fingerprint density at radius 1 is 0.935 bits per heavy atom. The average molecular weight is 435 g/mol. The third kappa shape index (κ3) is 8.83. The second-order valence-corrected chi connectivity index (χ2v) is 7.31. The molecule has 0 aliphatic rings. The van der Waals surface area contributed by atoms with Crippen molar-refractivity contribution in [2.45, 2.75) is 44.8 Å². The van der Waals surface area contributed by atoms with Gasteiger partial charge in [0.15, 0.2) is 0 Å². The molecule has 0 aromatic heterocycles. The van der Waals surface area contributed by atoms with Gasteiger partial charge in [-0.25, -0.2) is 4.79 Å². The Kier molecular flexibility index (Phi) is 10.1. The van der Waals surface area contributed by atoms with E-state index < -0.39 is 66.6 Å². The Hall–Kier alpha value is -3.47. The fourth-order valence-corrected chi connectivity index (χ4v) is 2.76. The monoisotopic (exact) mass is 435 g/mol. The predicted octanol–water partition coefficient (Wildman–Crippen LogP) is -1.74. The van der Waals surface area contributed by atoms with Crippen molar-refractivity contribution < 1.29 is 29.1 Å². The van der Waals surface area contributed by atoms with Crippen molar-refractivity contribution >= 4 is 29.6 Å². The van der Waals surface area contributed by atoms with E-state index in [2.05, 4.69) is 16.0 Å². The van der Waals surface area contributed by atoms with Gasteiger partial charge in [-0.2, -0.15) is 0 Å². The van der Waals surface area contributed by atoms with E-state index in [0.29, 0.717) is 5.56 Å². The summed E-state index contributed by atoms with van der Waals surface area (Å²) in [5, 5.41) is 16.6. The molecule has 0 saturated carbocycles. The molecule has 0 heterocycles. The summed E-state index contributed by atoms with van der Waals surface area (Å²) in [4.78, 5) is 59.8. The average Bonchev–Trinajstić information content (AvgIpc) is 2.70. The lowest BCUT2D eigenvalue weighted by Crippen LogP contribution is -2.58. The van der Waals surface area contributed by atoms with E-state index in [1.165, 1.54) is 0 Å². The van der Waals surface area contributed by atoms with E-state index in [4.69, 9.17) is 11.5 Å². The van der Waals surface area contributed by atoms with Crippen molar-refractivity contribution in [3.63, 3.8) is 0 Å². The van der Waals surface area contributed by atoms with Crippen molar-refractivity contribution in [2.75, 3.05) is 6.54 Å². The first-order valence-electron chi connectivity index (χ1n) is 9.70. The summed E-state index contributed by atoms with van der Waals surface area (Å²) in [6.45, 7) is 2.90. The highest BCUT2D eigenvalue weighted by Crippen LogP contribution is 2.07. The number of primary amides is 1. The van der Waals surface area contributed by atoms with Crippen LogP contribution in [0.2, 0.25) is 0 Å². The number of nitrogens with one attached hydrogen (secondary N) is 3. The molecule has 1 aromatic carbocycles. The van der Waals surface area contributed by atoms with E-state index in [0.717, 1.165) is 0 Å². The Morgan fingerprint density at radius 2 is 1.55 bits per heavy atom.